The van der Waals surface area contributed by atoms with E-state index in [2.05, 4.69) is 10.1 Å². The van der Waals surface area contributed by atoms with Gasteiger partial charge in [-0.2, -0.15) is 0 Å². The molecule has 0 aliphatic rings. The number of hydrogen-bond acceptors (Lipinski definition) is 5. The van der Waals surface area contributed by atoms with E-state index in [1.54, 1.807) is 14.2 Å². The maximum absolute atomic E-state index is 5.31. The summed E-state index contributed by atoms with van der Waals surface area (Å²) in [5, 5.41) is 3.91. The van der Waals surface area contributed by atoms with Crippen LogP contribution in [0.25, 0.3) is 22.4 Å². The van der Waals surface area contributed by atoms with Crippen molar-refractivity contribution >= 4 is 11.1 Å². The van der Waals surface area contributed by atoms with E-state index >= 15 is 0 Å². The minimum Gasteiger partial charge on any atom is -0.493 e. The molecule has 0 atom stereocenters. The molecule has 2 heterocycles. The number of benzene rings is 1. The van der Waals surface area contributed by atoms with E-state index in [-0.39, 0.29) is 0 Å². The Kier molecular flexibility index (Phi) is 3.02. The van der Waals surface area contributed by atoms with Crippen LogP contribution in [0.1, 0.15) is 5.69 Å². The third-order valence-electron chi connectivity index (χ3n) is 3.16. The smallest absolute Gasteiger partial charge is 0.185 e. The van der Waals surface area contributed by atoms with Crippen LogP contribution in [0.4, 0.5) is 0 Å². The van der Waals surface area contributed by atoms with Crippen LogP contribution in [0, 0.1) is 6.92 Å². The van der Waals surface area contributed by atoms with E-state index < -0.39 is 0 Å². The molecule has 3 rings (SSSR count). The summed E-state index contributed by atoms with van der Waals surface area (Å²) in [6.45, 7) is 1.87. The van der Waals surface area contributed by atoms with Crippen molar-refractivity contribution in [1.82, 2.24) is 10.1 Å². The summed E-state index contributed by atoms with van der Waals surface area (Å²) in [6.07, 6.45) is 0. The van der Waals surface area contributed by atoms with Gasteiger partial charge >= 0.3 is 0 Å². The van der Waals surface area contributed by atoms with Gasteiger partial charge in [-0.25, -0.2) is 4.98 Å². The molecule has 0 fully saturated rings. The summed E-state index contributed by atoms with van der Waals surface area (Å²) in [6, 6.07) is 9.47. The van der Waals surface area contributed by atoms with E-state index in [9.17, 15) is 0 Å². The SMILES string of the molecule is COc1ccc(-c2ccc3onc(C)c3n2)cc1OC. The van der Waals surface area contributed by atoms with Crippen molar-refractivity contribution in [3.8, 4) is 22.8 Å². The number of rotatable bonds is 3. The molecule has 0 N–H and O–H groups in total. The highest BCUT2D eigenvalue weighted by molar-refractivity contribution is 5.78. The lowest BCUT2D eigenvalue weighted by Gasteiger charge is -2.09. The van der Waals surface area contributed by atoms with E-state index in [0.29, 0.717) is 17.1 Å². The number of aryl methyl sites for hydroxylation is 1. The Balaban J connectivity index is 2.12. The summed E-state index contributed by atoms with van der Waals surface area (Å²) in [7, 11) is 3.23. The number of nitrogens with zero attached hydrogens (tertiary/aromatic N) is 2. The number of methoxy groups -OCH3 is 2. The van der Waals surface area contributed by atoms with Crippen molar-refractivity contribution in [2.75, 3.05) is 14.2 Å². The Morgan fingerprint density at radius 2 is 1.80 bits per heavy atom. The predicted octanol–water partition coefficient (Wildman–Crippen LogP) is 3.22. The van der Waals surface area contributed by atoms with Gasteiger partial charge in [-0.1, -0.05) is 5.16 Å². The van der Waals surface area contributed by atoms with Gasteiger partial charge in [-0.15, -0.1) is 0 Å². The summed E-state index contributed by atoms with van der Waals surface area (Å²) in [5.74, 6) is 1.37. The van der Waals surface area contributed by atoms with Crippen LogP contribution in [-0.4, -0.2) is 24.4 Å². The lowest BCUT2D eigenvalue weighted by molar-refractivity contribution is 0.355. The van der Waals surface area contributed by atoms with Gasteiger partial charge < -0.3 is 14.0 Å². The molecule has 0 saturated heterocycles. The lowest BCUT2D eigenvalue weighted by atomic mass is 10.1. The van der Waals surface area contributed by atoms with Crippen LogP contribution >= 0.6 is 0 Å². The van der Waals surface area contributed by atoms with E-state index in [1.165, 1.54) is 0 Å². The third-order valence-corrected chi connectivity index (χ3v) is 3.16. The molecule has 5 heteroatoms. The summed E-state index contributed by atoms with van der Waals surface area (Å²) in [4.78, 5) is 4.58. The van der Waals surface area contributed by atoms with Crippen LogP contribution in [0.5, 0.6) is 11.5 Å². The maximum Gasteiger partial charge on any atom is 0.185 e. The first kappa shape index (κ1) is 12.5. The van der Waals surface area contributed by atoms with Gasteiger partial charge in [-0.3, -0.25) is 0 Å². The number of hydrogen-bond donors (Lipinski definition) is 0. The van der Waals surface area contributed by atoms with Crippen LogP contribution in [-0.2, 0) is 0 Å². The zero-order chi connectivity index (χ0) is 14.1. The monoisotopic (exact) mass is 270 g/mol. The molecule has 2 aromatic heterocycles. The molecule has 0 aliphatic carbocycles. The molecule has 0 radical (unpaired) electrons. The number of ether oxygens (including phenoxy) is 2. The highest BCUT2D eigenvalue weighted by Gasteiger charge is 2.10. The molecule has 0 unspecified atom stereocenters. The van der Waals surface area contributed by atoms with Crippen molar-refractivity contribution in [1.29, 1.82) is 0 Å². The van der Waals surface area contributed by atoms with E-state index in [4.69, 9.17) is 14.0 Å². The minimum atomic E-state index is 0.675. The standard InChI is InChI=1S/C15H14N2O3/c1-9-15-13(20-17-9)7-5-11(16-15)10-4-6-12(18-2)14(8-10)19-3/h4-8H,1-3H3. The summed E-state index contributed by atoms with van der Waals surface area (Å²) >= 11 is 0. The van der Waals surface area contributed by atoms with Gasteiger partial charge in [0.15, 0.2) is 17.1 Å². The lowest BCUT2D eigenvalue weighted by Crippen LogP contribution is -1.92. The summed E-state index contributed by atoms with van der Waals surface area (Å²) in [5.41, 5.74) is 4.03. The number of aromatic nitrogens is 2. The molecular formula is C15H14N2O3. The van der Waals surface area contributed by atoms with E-state index in [1.807, 2.05) is 37.3 Å². The molecular weight excluding hydrogens is 256 g/mol. The normalized spacial score (nSPS) is 10.8. The minimum absolute atomic E-state index is 0.675. The molecule has 20 heavy (non-hydrogen) atoms. The topological polar surface area (TPSA) is 57.4 Å². The second-order valence-corrected chi connectivity index (χ2v) is 4.38. The molecule has 102 valence electrons. The highest BCUT2D eigenvalue weighted by atomic mass is 16.5. The fraction of sp³-hybridized carbons (Fsp3) is 0.200. The fourth-order valence-electron chi connectivity index (χ4n) is 2.10. The molecule has 0 amide bonds. The first-order valence-electron chi connectivity index (χ1n) is 6.18. The molecule has 0 saturated carbocycles. The fourth-order valence-corrected chi connectivity index (χ4v) is 2.10. The Bertz CT molecular complexity index is 765. The largest absolute Gasteiger partial charge is 0.493 e. The van der Waals surface area contributed by atoms with Gasteiger partial charge in [-0.05, 0) is 37.3 Å². The molecule has 0 spiro atoms. The van der Waals surface area contributed by atoms with Crippen LogP contribution in [0.2, 0.25) is 0 Å². The van der Waals surface area contributed by atoms with Crippen LogP contribution in [0.15, 0.2) is 34.9 Å². The van der Waals surface area contributed by atoms with Crippen molar-refractivity contribution < 1.29 is 14.0 Å². The van der Waals surface area contributed by atoms with Crippen molar-refractivity contribution in [2.24, 2.45) is 0 Å². The van der Waals surface area contributed by atoms with Crippen molar-refractivity contribution in [3.63, 3.8) is 0 Å². The average molecular weight is 270 g/mol. The first-order valence-corrected chi connectivity index (χ1v) is 6.18. The quantitative estimate of drug-likeness (QED) is 0.731. The molecule has 3 aromatic rings. The Morgan fingerprint density at radius 3 is 2.55 bits per heavy atom. The summed E-state index contributed by atoms with van der Waals surface area (Å²) < 4.78 is 15.7. The second kappa shape index (κ2) is 4.85. The number of fused-ring (bicyclic) bond motifs is 1. The molecule has 0 aliphatic heterocycles. The van der Waals surface area contributed by atoms with Gasteiger partial charge in [0.25, 0.3) is 0 Å². The number of pyridine rings is 1. The highest BCUT2D eigenvalue weighted by Crippen LogP contribution is 2.32. The zero-order valence-electron chi connectivity index (χ0n) is 11.5. The second-order valence-electron chi connectivity index (χ2n) is 4.38. The predicted molar refractivity (Wildman–Crippen MR) is 75.1 cm³/mol. The molecule has 1 aromatic carbocycles. The van der Waals surface area contributed by atoms with Crippen molar-refractivity contribution in [2.45, 2.75) is 6.92 Å². The Hall–Kier alpha value is -2.56. The maximum atomic E-state index is 5.31. The van der Waals surface area contributed by atoms with Crippen LogP contribution in [0.3, 0.4) is 0 Å². The average Bonchev–Trinajstić information content (AvgIpc) is 2.87. The third kappa shape index (κ3) is 1.97. The van der Waals surface area contributed by atoms with Gasteiger partial charge in [0.2, 0.25) is 0 Å². The molecule has 0 bridgehead atoms. The van der Waals surface area contributed by atoms with Crippen molar-refractivity contribution in [3.05, 3.63) is 36.0 Å². The van der Waals surface area contributed by atoms with E-state index in [0.717, 1.165) is 22.5 Å². The first-order chi connectivity index (χ1) is 9.72. The van der Waals surface area contributed by atoms with Crippen LogP contribution < -0.4 is 9.47 Å². The van der Waals surface area contributed by atoms with Gasteiger partial charge in [0.1, 0.15) is 11.2 Å². The molecule has 5 nitrogen and oxygen atoms in total. The van der Waals surface area contributed by atoms with Gasteiger partial charge in [0.05, 0.1) is 19.9 Å². The Morgan fingerprint density at radius 1 is 1.00 bits per heavy atom. The zero-order valence-corrected chi connectivity index (χ0v) is 11.5. The van der Waals surface area contributed by atoms with Gasteiger partial charge in [0, 0.05) is 5.56 Å². The Labute approximate surface area is 116 Å².